The number of ether oxygens (including phenoxy) is 1. The van der Waals surface area contributed by atoms with Gasteiger partial charge in [0.05, 0.1) is 35.5 Å². The van der Waals surface area contributed by atoms with E-state index >= 15 is 0 Å². The lowest BCUT2D eigenvalue weighted by atomic mass is 10.3. The number of guanidine groups is 1. The van der Waals surface area contributed by atoms with E-state index < -0.39 is 21.7 Å². The molecule has 1 fully saturated rings. The molecule has 3 rings (SSSR count). The second kappa shape index (κ2) is 9.15. The monoisotopic (exact) mass is 442 g/mol. The van der Waals surface area contributed by atoms with Crippen LogP contribution in [0.15, 0.2) is 39.8 Å². The molecule has 1 aromatic heterocycles. The van der Waals surface area contributed by atoms with Gasteiger partial charge in [-0.05, 0) is 18.2 Å². The summed E-state index contributed by atoms with van der Waals surface area (Å²) in [6, 6.07) is 3.18. The van der Waals surface area contributed by atoms with Crippen LogP contribution in [0.5, 0.6) is 0 Å². The van der Waals surface area contributed by atoms with Crippen molar-refractivity contribution in [2.75, 3.05) is 42.9 Å². The zero-order valence-corrected chi connectivity index (χ0v) is 16.8. The SMILES string of the molecule is NC(=NCC(=O)Nc1ccc(S(=O)(=O)Nc2cncs2)cc1F)N1CCOCC1. The molecule has 2 aromatic rings. The van der Waals surface area contributed by atoms with E-state index in [-0.39, 0.29) is 23.1 Å². The maximum atomic E-state index is 14.3. The summed E-state index contributed by atoms with van der Waals surface area (Å²) in [6.45, 7) is 1.92. The van der Waals surface area contributed by atoms with Crippen molar-refractivity contribution in [1.29, 1.82) is 0 Å². The molecule has 1 aliphatic heterocycles. The van der Waals surface area contributed by atoms with Gasteiger partial charge in [0.25, 0.3) is 10.0 Å². The second-order valence-electron chi connectivity index (χ2n) is 5.93. The normalized spacial score (nSPS) is 15.2. The van der Waals surface area contributed by atoms with Gasteiger partial charge in [-0.2, -0.15) is 0 Å². The van der Waals surface area contributed by atoms with Gasteiger partial charge in [-0.15, -0.1) is 11.3 Å². The Morgan fingerprint density at radius 3 is 2.79 bits per heavy atom. The van der Waals surface area contributed by atoms with Crippen LogP contribution >= 0.6 is 11.3 Å². The highest BCUT2D eigenvalue weighted by Crippen LogP contribution is 2.22. The number of halogens is 1. The minimum Gasteiger partial charge on any atom is -0.378 e. The first-order valence-electron chi connectivity index (χ1n) is 8.48. The number of nitrogens with zero attached hydrogens (tertiary/aromatic N) is 3. The predicted octanol–water partition coefficient (Wildman–Crippen LogP) is 0.668. The van der Waals surface area contributed by atoms with Gasteiger partial charge in [0.1, 0.15) is 17.4 Å². The van der Waals surface area contributed by atoms with Crippen LogP contribution in [0, 0.1) is 5.82 Å². The molecule has 0 unspecified atom stereocenters. The minimum atomic E-state index is -3.97. The predicted molar refractivity (Wildman–Crippen MR) is 107 cm³/mol. The third-order valence-corrected chi connectivity index (χ3v) is 6.09. The van der Waals surface area contributed by atoms with E-state index in [9.17, 15) is 17.6 Å². The van der Waals surface area contributed by atoms with Crippen molar-refractivity contribution in [2.45, 2.75) is 4.90 Å². The summed E-state index contributed by atoms with van der Waals surface area (Å²) < 4.78 is 46.4. The van der Waals surface area contributed by atoms with E-state index in [1.807, 2.05) is 0 Å². The zero-order chi connectivity index (χ0) is 20.9. The van der Waals surface area contributed by atoms with Crippen molar-refractivity contribution in [3.8, 4) is 0 Å². The first kappa shape index (κ1) is 21.0. The van der Waals surface area contributed by atoms with Crippen molar-refractivity contribution in [3.05, 3.63) is 35.7 Å². The molecular formula is C16H19FN6O4S2. The molecule has 29 heavy (non-hydrogen) atoms. The molecule has 1 aliphatic rings. The highest BCUT2D eigenvalue weighted by atomic mass is 32.2. The standard InChI is InChI=1S/C16H19FN6O4S2/c17-12-7-11(29(25,26)22-15-9-19-10-28-15)1-2-13(12)21-14(24)8-20-16(18)23-3-5-27-6-4-23/h1-2,7,9-10,22H,3-6,8H2,(H2,18,20)(H,21,24). The van der Waals surface area contributed by atoms with Gasteiger partial charge in [0.15, 0.2) is 5.96 Å². The van der Waals surface area contributed by atoms with E-state index in [2.05, 4.69) is 20.0 Å². The maximum absolute atomic E-state index is 14.3. The Morgan fingerprint density at radius 1 is 1.38 bits per heavy atom. The smallest absolute Gasteiger partial charge is 0.262 e. The molecule has 4 N–H and O–H groups in total. The number of amides is 1. The van der Waals surface area contributed by atoms with Crippen LogP contribution in [-0.2, 0) is 19.6 Å². The molecule has 0 aliphatic carbocycles. The molecule has 0 atom stereocenters. The maximum Gasteiger partial charge on any atom is 0.262 e. The Balaban J connectivity index is 1.62. The molecule has 0 bridgehead atoms. The zero-order valence-electron chi connectivity index (χ0n) is 15.2. The van der Waals surface area contributed by atoms with Crippen LogP contribution in [0.2, 0.25) is 0 Å². The Morgan fingerprint density at radius 2 is 2.14 bits per heavy atom. The fourth-order valence-corrected chi connectivity index (χ4v) is 4.28. The molecule has 2 heterocycles. The Kier molecular flexibility index (Phi) is 6.61. The molecule has 0 spiro atoms. The van der Waals surface area contributed by atoms with Gasteiger partial charge in [-0.25, -0.2) is 17.8 Å². The highest BCUT2D eigenvalue weighted by molar-refractivity contribution is 7.93. The number of hydrogen-bond donors (Lipinski definition) is 3. The lowest BCUT2D eigenvalue weighted by Gasteiger charge is -2.27. The van der Waals surface area contributed by atoms with Crippen LogP contribution in [0.1, 0.15) is 0 Å². The van der Waals surface area contributed by atoms with Crippen molar-refractivity contribution >= 4 is 43.9 Å². The van der Waals surface area contributed by atoms with E-state index in [4.69, 9.17) is 10.5 Å². The van der Waals surface area contributed by atoms with Gasteiger partial charge >= 0.3 is 0 Å². The van der Waals surface area contributed by atoms with Gasteiger partial charge in [0.2, 0.25) is 5.91 Å². The molecule has 0 saturated carbocycles. The summed E-state index contributed by atoms with van der Waals surface area (Å²) >= 11 is 1.09. The number of anilines is 2. The van der Waals surface area contributed by atoms with Gasteiger partial charge in [-0.1, -0.05) is 0 Å². The first-order valence-corrected chi connectivity index (χ1v) is 10.8. The lowest BCUT2D eigenvalue weighted by molar-refractivity contribution is -0.114. The van der Waals surface area contributed by atoms with Crippen LogP contribution in [0.4, 0.5) is 15.1 Å². The fourth-order valence-electron chi connectivity index (χ4n) is 2.46. The molecule has 156 valence electrons. The van der Waals surface area contributed by atoms with Crippen molar-refractivity contribution in [1.82, 2.24) is 9.88 Å². The number of morpholine rings is 1. The number of nitrogens with two attached hydrogens (primary N) is 1. The molecule has 1 amide bonds. The number of benzene rings is 1. The van der Waals surface area contributed by atoms with Crippen LogP contribution < -0.4 is 15.8 Å². The van der Waals surface area contributed by atoms with Crippen molar-refractivity contribution in [3.63, 3.8) is 0 Å². The average molecular weight is 442 g/mol. The van der Waals surface area contributed by atoms with Crippen molar-refractivity contribution < 1.29 is 22.3 Å². The number of hydrogen-bond acceptors (Lipinski definition) is 7. The van der Waals surface area contributed by atoms with E-state index in [0.717, 1.165) is 17.4 Å². The van der Waals surface area contributed by atoms with Gasteiger partial charge < -0.3 is 20.7 Å². The number of sulfonamides is 1. The molecule has 1 saturated heterocycles. The Bertz CT molecular complexity index is 991. The summed E-state index contributed by atoms with van der Waals surface area (Å²) in [5.41, 5.74) is 7.14. The summed E-state index contributed by atoms with van der Waals surface area (Å²) in [6.07, 6.45) is 1.34. The number of aromatic nitrogens is 1. The molecule has 0 radical (unpaired) electrons. The van der Waals surface area contributed by atoms with Crippen LogP contribution in [-0.4, -0.2) is 63.0 Å². The van der Waals surface area contributed by atoms with E-state index in [1.165, 1.54) is 23.8 Å². The molecule has 10 nitrogen and oxygen atoms in total. The number of nitrogens with one attached hydrogen (secondary N) is 2. The lowest BCUT2D eigenvalue weighted by Crippen LogP contribution is -2.45. The second-order valence-corrected chi connectivity index (χ2v) is 8.50. The van der Waals surface area contributed by atoms with Crippen LogP contribution in [0.25, 0.3) is 0 Å². The molecule has 13 heteroatoms. The number of thiazole rings is 1. The summed E-state index contributed by atoms with van der Waals surface area (Å²) in [4.78, 5) is 21.3. The van der Waals surface area contributed by atoms with Gasteiger partial charge in [-0.3, -0.25) is 14.5 Å². The van der Waals surface area contributed by atoms with E-state index in [1.54, 1.807) is 4.90 Å². The number of carbonyl (C=O) groups is 1. The number of carbonyl (C=O) groups excluding carboxylic acids is 1. The number of rotatable bonds is 6. The first-order chi connectivity index (χ1) is 13.8. The highest BCUT2D eigenvalue weighted by Gasteiger charge is 2.18. The molecule has 1 aromatic carbocycles. The van der Waals surface area contributed by atoms with Crippen LogP contribution in [0.3, 0.4) is 0 Å². The fraction of sp³-hybridized carbons (Fsp3) is 0.312. The third-order valence-electron chi connectivity index (χ3n) is 3.91. The summed E-state index contributed by atoms with van der Waals surface area (Å²) in [7, 11) is -3.97. The summed E-state index contributed by atoms with van der Waals surface area (Å²) in [5, 5.41) is 2.65. The van der Waals surface area contributed by atoms with Gasteiger partial charge in [0, 0.05) is 13.1 Å². The topological polar surface area (TPSA) is 139 Å². The Labute approximate surface area is 170 Å². The average Bonchev–Trinajstić information content (AvgIpc) is 3.20. The summed E-state index contributed by atoms with van der Waals surface area (Å²) in [5.74, 6) is -1.27. The Hall–Kier alpha value is -2.77. The molecular weight excluding hydrogens is 423 g/mol. The largest absolute Gasteiger partial charge is 0.378 e. The quantitative estimate of drug-likeness (QED) is 0.441. The third kappa shape index (κ3) is 5.62. The van der Waals surface area contributed by atoms with E-state index in [0.29, 0.717) is 31.3 Å². The number of aliphatic imine (C=N–C) groups is 1. The van der Waals surface area contributed by atoms with Crippen molar-refractivity contribution in [2.24, 2.45) is 10.7 Å². The minimum absolute atomic E-state index is 0.160.